The molecule has 0 aliphatic heterocycles. The molecule has 1 rings (SSSR count). The van der Waals surface area contributed by atoms with Crippen molar-refractivity contribution in [3.63, 3.8) is 0 Å². The molecule has 0 aliphatic rings. The van der Waals surface area contributed by atoms with E-state index >= 15 is 0 Å². The fraction of sp³-hybridized carbons (Fsp3) is 0.500. The molecule has 0 aromatic carbocycles. The van der Waals surface area contributed by atoms with E-state index in [9.17, 15) is 14.4 Å². The highest BCUT2D eigenvalue weighted by atomic mass is 16.2. The Kier molecular flexibility index (Phi) is 4.22. The second-order valence-electron chi connectivity index (χ2n) is 3.93. The molecule has 1 heterocycles. The van der Waals surface area contributed by atoms with E-state index in [4.69, 9.17) is 0 Å². The molecule has 0 bridgehead atoms. The van der Waals surface area contributed by atoms with Crippen LogP contribution in [-0.4, -0.2) is 47.5 Å². The first-order chi connectivity index (χ1) is 7.93. The van der Waals surface area contributed by atoms with Crippen molar-refractivity contribution >= 4 is 5.91 Å². The Balaban J connectivity index is 2.80. The van der Waals surface area contributed by atoms with Crippen LogP contribution < -0.4 is 16.6 Å². The van der Waals surface area contributed by atoms with Gasteiger partial charge in [0.15, 0.2) is 0 Å². The van der Waals surface area contributed by atoms with Crippen LogP contribution in [0.4, 0.5) is 0 Å². The molecule has 0 saturated heterocycles. The quantitative estimate of drug-likeness (QED) is 0.661. The molecule has 17 heavy (non-hydrogen) atoms. The fourth-order valence-electron chi connectivity index (χ4n) is 1.22. The maximum absolute atomic E-state index is 11.6. The van der Waals surface area contributed by atoms with Crippen molar-refractivity contribution in [2.45, 2.75) is 0 Å². The summed E-state index contributed by atoms with van der Waals surface area (Å²) in [6.45, 7) is 1.11. The zero-order chi connectivity index (χ0) is 13.0. The summed E-state index contributed by atoms with van der Waals surface area (Å²) >= 11 is 0. The molecular formula is C10H16N4O3. The molecule has 7 nitrogen and oxygen atoms in total. The molecule has 0 fully saturated rings. The molecule has 0 spiro atoms. The molecule has 0 saturated carbocycles. The van der Waals surface area contributed by atoms with Gasteiger partial charge in [0.2, 0.25) is 0 Å². The first-order valence-electron chi connectivity index (χ1n) is 5.15. The molecule has 0 radical (unpaired) electrons. The van der Waals surface area contributed by atoms with Crippen LogP contribution in [0.25, 0.3) is 0 Å². The highest BCUT2D eigenvalue weighted by Gasteiger charge is 2.12. The Morgan fingerprint density at radius 2 is 2.12 bits per heavy atom. The zero-order valence-electron chi connectivity index (χ0n) is 10.1. The SMILES string of the molecule is CN(C)CCNC(=O)c1c[nH]c(=O)n(C)c1=O. The molecule has 94 valence electrons. The summed E-state index contributed by atoms with van der Waals surface area (Å²) in [6.07, 6.45) is 1.13. The summed E-state index contributed by atoms with van der Waals surface area (Å²) in [4.78, 5) is 38.6. The number of carbonyl (C=O) groups excluding carboxylic acids is 1. The average Bonchev–Trinajstić information content (AvgIpc) is 2.25. The largest absolute Gasteiger partial charge is 0.351 e. The number of rotatable bonds is 4. The van der Waals surface area contributed by atoms with Crippen LogP contribution in [0.5, 0.6) is 0 Å². The van der Waals surface area contributed by atoms with Crippen molar-refractivity contribution in [3.8, 4) is 0 Å². The predicted octanol–water partition coefficient (Wildman–Crippen LogP) is -1.63. The van der Waals surface area contributed by atoms with Gasteiger partial charge in [0.05, 0.1) is 0 Å². The fourth-order valence-corrected chi connectivity index (χ4v) is 1.22. The smallest absolute Gasteiger partial charge is 0.328 e. The number of likely N-dealkylation sites (N-methyl/N-ethyl adjacent to an activating group) is 1. The van der Waals surface area contributed by atoms with Crippen molar-refractivity contribution in [3.05, 3.63) is 32.6 Å². The number of hydrogen-bond acceptors (Lipinski definition) is 4. The molecule has 1 aromatic heterocycles. The Labute approximate surface area is 98.1 Å². The second-order valence-corrected chi connectivity index (χ2v) is 3.93. The van der Waals surface area contributed by atoms with Gasteiger partial charge in [-0.15, -0.1) is 0 Å². The molecule has 0 aliphatic carbocycles. The summed E-state index contributed by atoms with van der Waals surface area (Å²) in [5.74, 6) is -0.483. The van der Waals surface area contributed by atoms with Crippen molar-refractivity contribution in [2.24, 2.45) is 7.05 Å². The van der Waals surface area contributed by atoms with Gasteiger partial charge in [-0.05, 0) is 14.1 Å². The van der Waals surface area contributed by atoms with E-state index in [1.807, 2.05) is 19.0 Å². The maximum Gasteiger partial charge on any atom is 0.328 e. The minimum atomic E-state index is -0.601. The van der Waals surface area contributed by atoms with Crippen molar-refractivity contribution in [1.29, 1.82) is 0 Å². The number of aromatic amines is 1. The van der Waals surface area contributed by atoms with Crippen LogP contribution in [0.3, 0.4) is 0 Å². The van der Waals surface area contributed by atoms with E-state index in [0.717, 1.165) is 10.8 Å². The van der Waals surface area contributed by atoms with Gasteiger partial charge in [-0.1, -0.05) is 0 Å². The van der Waals surface area contributed by atoms with Gasteiger partial charge in [-0.25, -0.2) is 4.79 Å². The Morgan fingerprint density at radius 3 is 2.71 bits per heavy atom. The van der Waals surface area contributed by atoms with Crippen LogP contribution in [0.1, 0.15) is 10.4 Å². The van der Waals surface area contributed by atoms with Gasteiger partial charge in [-0.3, -0.25) is 14.2 Å². The van der Waals surface area contributed by atoms with E-state index in [1.165, 1.54) is 7.05 Å². The number of hydrogen-bond donors (Lipinski definition) is 2. The topological polar surface area (TPSA) is 87.2 Å². The lowest BCUT2D eigenvalue weighted by atomic mass is 10.3. The highest BCUT2D eigenvalue weighted by Crippen LogP contribution is 1.85. The van der Waals surface area contributed by atoms with E-state index in [0.29, 0.717) is 13.1 Å². The molecule has 2 N–H and O–H groups in total. The monoisotopic (exact) mass is 240 g/mol. The lowest BCUT2D eigenvalue weighted by Gasteiger charge is -2.10. The molecule has 0 unspecified atom stereocenters. The average molecular weight is 240 g/mol. The number of carbonyl (C=O) groups is 1. The summed E-state index contributed by atoms with van der Waals surface area (Å²) in [6, 6.07) is 0. The third-order valence-electron chi connectivity index (χ3n) is 2.27. The van der Waals surface area contributed by atoms with Crippen LogP contribution in [0.2, 0.25) is 0 Å². The second kappa shape index (κ2) is 5.44. The summed E-state index contributed by atoms with van der Waals surface area (Å²) < 4.78 is 0.862. The molecular weight excluding hydrogens is 224 g/mol. The number of nitrogens with one attached hydrogen (secondary N) is 2. The summed E-state index contributed by atoms with van der Waals surface area (Å²) in [7, 11) is 5.08. The van der Waals surface area contributed by atoms with Gasteiger partial charge in [0.1, 0.15) is 5.56 Å². The molecule has 1 aromatic rings. The third kappa shape index (κ3) is 3.28. The zero-order valence-corrected chi connectivity index (χ0v) is 10.1. The Bertz CT molecular complexity index is 515. The maximum atomic E-state index is 11.6. The summed E-state index contributed by atoms with van der Waals surface area (Å²) in [5.41, 5.74) is -1.21. The van der Waals surface area contributed by atoms with Crippen LogP contribution in [-0.2, 0) is 7.05 Å². The number of aromatic nitrogens is 2. The summed E-state index contributed by atoms with van der Waals surface area (Å²) in [5, 5.41) is 2.60. The predicted molar refractivity (Wildman–Crippen MR) is 63.2 cm³/mol. The molecule has 1 amide bonds. The van der Waals surface area contributed by atoms with Crippen LogP contribution in [0.15, 0.2) is 15.8 Å². The van der Waals surface area contributed by atoms with E-state index < -0.39 is 17.2 Å². The first-order valence-corrected chi connectivity index (χ1v) is 5.15. The van der Waals surface area contributed by atoms with E-state index in [2.05, 4.69) is 10.3 Å². The first kappa shape index (κ1) is 13.2. The number of amides is 1. The van der Waals surface area contributed by atoms with Gasteiger partial charge in [-0.2, -0.15) is 0 Å². The highest BCUT2D eigenvalue weighted by molar-refractivity contribution is 5.93. The number of nitrogens with zero attached hydrogens (tertiary/aromatic N) is 2. The minimum absolute atomic E-state index is 0.0640. The number of H-pyrrole nitrogens is 1. The van der Waals surface area contributed by atoms with Gasteiger partial charge < -0.3 is 15.2 Å². The van der Waals surface area contributed by atoms with Crippen molar-refractivity contribution in [2.75, 3.05) is 27.2 Å². The van der Waals surface area contributed by atoms with Crippen LogP contribution in [0, 0.1) is 0 Å². The minimum Gasteiger partial charge on any atom is -0.351 e. The molecule has 0 atom stereocenters. The lowest BCUT2D eigenvalue weighted by molar-refractivity contribution is 0.0948. The van der Waals surface area contributed by atoms with Crippen LogP contribution >= 0.6 is 0 Å². The third-order valence-corrected chi connectivity index (χ3v) is 2.27. The van der Waals surface area contributed by atoms with E-state index in [1.54, 1.807) is 0 Å². The van der Waals surface area contributed by atoms with E-state index in [-0.39, 0.29) is 5.56 Å². The van der Waals surface area contributed by atoms with Gasteiger partial charge >= 0.3 is 5.69 Å². The molecule has 7 heteroatoms. The standard InChI is InChI=1S/C10H16N4O3/c1-13(2)5-4-11-8(15)7-6-12-10(17)14(3)9(7)16/h6H,4-5H2,1-3H3,(H,11,15)(H,12,17). The van der Waals surface area contributed by atoms with Crippen molar-refractivity contribution < 1.29 is 4.79 Å². The normalized spacial score (nSPS) is 10.6. The van der Waals surface area contributed by atoms with Gasteiger partial charge in [0.25, 0.3) is 11.5 Å². The van der Waals surface area contributed by atoms with Gasteiger partial charge in [0, 0.05) is 26.3 Å². The Hall–Kier alpha value is -1.89. The van der Waals surface area contributed by atoms with Crippen molar-refractivity contribution in [1.82, 2.24) is 19.8 Å². The lowest BCUT2D eigenvalue weighted by Crippen LogP contribution is -2.40. The Morgan fingerprint density at radius 1 is 1.47 bits per heavy atom.